The van der Waals surface area contributed by atoms with Crippen molar-refractivity contribution in [1.82, 2.24) is 19.7 Å². The molecule has 0 aliphatic rings. The number of nitrogens with zero attached hydrogens (tertiary/aromatic N) is 3. The normalized spacial score (nSPS) is 13.0. The summed E-state index contributed by atoms with van der Waals surface area (Å²) in [7, 11) is 1.96. The fraction of sp³-hybridized carbons (Fsp3) is 0.588. The van der Waals surface area contributed by atoms with E-state index in [1.54, 1.807) is 0 Å². The van der Waals surface area contributed by atoms with Gasteiger partial charge in [0.25, 0.3) is 0 Å². The molecular weight excluding hydrogens is 260 g/mol. The second-order valence-corrected chi connectivity index (χ2v) is 6.13. The zero-order valence-electron chi connectivity index (χ0n) is 13.7. The third kappa shape index (κ3) is 4.46. The van der Waals surface area contributed by atoms with Crippen LogP contribution in [-0.2, 0) is 20.0 Å². The van der Waals surface area contributed by atoms with E-state index in [2.05, 4.69) is 60.4 Å². The summed E-state index contributed by atoms with van der Waals surface area (Å²) < 4.78 is 4.14. The van der Waals surface area contributed by atoms with Gasteiger partial charge in [0, 0.05) is 38.2 Å². The monoisotopic (exact) mass is 288 g/mol. The van der Waals surface area contributed by atoms with E-state index in [-0.39, 0.29) is 0 Å². The summed E-state index contributed by atoms with van der Waals surface area (Å²) >= 11 is 0. The van der Waals surface area contributed by atoms with Crippen molar-refractivity contribution in [3.05, 3.63) is 42.0 Å². The van der Waals surface area contributed by atoms with Gasteiger partial charge in [-0.05, 0) is 42.5 Å². The quantitative estimate of drug-likeness (QED) is 0.809. The Balaban J connectivity index is 1.95. The van der Waals surface area contributed by atoms with Gasteiger partial charge in [0.1, 0.15) is 0 Å². The lowest BCUT2D eigenvalue weighted by Crippen LogP contribution is -2.26. The summed E-state index contributed by atoms with van der Waals surface area (Å²) in [5.74, 6) is 0.603. The number of hydrogen-bond donors (Lipinski definition) is 1. The van der Waals surface area contributed by atoms with Gasteiger partial charge in [-0.3, -0.25) is 4.68 Å². The molecule has 2 aromatic rings. The van der Waals surface area contributed by atoms with Gasteiger partial charge in [0.2, 0.25) is 0 Å². The Morgan fingerprint density at radius 2 is 2.10 bits per heavy atom. The van der Waals surface area contributed by atoms with Crippen molar-refractivity contribution in [1.29, 1.82) is 0 Å². The minimum Gasteiger partial charge on any atom is -0.354 e. The van der Waals surface area contributed by atoms with Crippen LogP contribution in [0.5, 0.6) is 0 Å². The molecule has 0 saturated carbocycles. The molecule has 2 rings (SSSR count). The molecule has 1 atom stereocenters. The summed E-state index contributed by atoms with van der Waals surface area (Å²) in [6.45, 7) is 8.85. The highest BCUT2D eigenvalue weighted by molar-refractivity contribution is 5.16. The van der Waals surface area contributed by atoms with E-state index in [4.69, 9.17) is 0 Å². The predicted octanol–water partition coefficient (Wildman–Crippen LogP) is 3.16. The van der Waals surface area contributed by atoms with E-state index in [0.29, 0.717) is 12.0 Å². The zero-order valence-corrected chi connectivity index (χ0v) is 13.7. The summed E-state index contributed by atoms with van der Waals surface area (Å²) in [5, 5.41) is 7.87. The van der Waals surface area contributed by atoms with Crippen molar-refractivity contribution in [2.24, 2.45) is 13.0 Å². The number of hydrogen-bond acceptors (Lipinski definition) is 2. The Labute approximate surface area is 128 Å². The van der Waals surface area contributed by atoms with Crippen LogP contribution in [0.3, 0.4) is 0 Å². The third-order valence-corrected chi connectivity index (χ3v) is 3.83. The van der Waals surface area contributed by atoms with Crippen LogP contribution in [-0.4, -0.2) is 20.9 Å². The predicted molar refractivity (Wildman–Crippen MR) is 87.2 cm³/mol. The molecule has 0 bridgehead atoms. The SMILES string of the molecule is CCCNC(c1ccn(CCc2cnn(C)c2)c1)C(C)C. The second-order valence-electron chi connectivity index (χ2n) is 6.13. The molecule has 2 heterocycles. The summed E-state index contributed by atoms with van der Waals surface area (Å²) in [4.78, 5) is 0. The molecule has 4 heteroatoms. The van der Waals surface area contributed by atoms with Crippen molar-refractivity contribution in [2.45, 2.75) is 46.2 Å². The molecule has 1 N–H and O–H groups in total. The maximum absolute atomic E-state index is 4.22. The van der Waals surface area contributed by atoms with Gasteiger partial charge in [0.05, 0.1) is 6.20 Å². The molecule has 116 valence electrons. The van der Waals surface area contributed by atoms with Gasteiger partial charge in [-0.15, -0.1) is 0 Å². The van der Waals surface area contributed by atoms with Crippen LogP contribution in [0.2, 0.25) is 0 Å². The molecule has 0 aromatic carbocycles. The van der Waals surface area contributed by atoms with E-state index in [1.807, 2.05) is 17.9 Å². The molecule has 21 heavy (non-hydrogen) atoms. The van der Waals surface area contributed by atoms with Crippen molar-refractivity contribution in [2.75, 3.05) is 6.54 Å². The Hall–Kier alpha value is -1.55. The molecular formula is C17H28N4. The summed E-state index contributed by atoms with van der Waals surface area (Å²) in [6, 6.07) is 2.70. The van der Waals surface area contributed by atoms with Crippen LogP contribution >= 0.6 is 0 Å². The molecule has 0 spiro atoms. The topological polar surface area (TPSA) is 34.8 Å². The van der Waals surface area contributed by atoms with Crippen LogP contribution in [0, 0.1) is 5.92 Å². The van der Waals surface area contributed by atoms with Crippen molar-refractivity contribution in [3.63, 3.8) is 0 Å². The Bertz CT molecular complexity index is 538. The highest BCUT2D eigenvalue weighted by atomic mass is 15.2. The van der Waals surface area contributed by atoms with Crippen LogP contribution in [0.4, 0.5) is 0 Å². The lowest BCUT2D eigenvalue weighted by atomic mass is 9.98. The molecule has 0 aliphatic carbocycles. The number of aryl methyl sites for hydroxylation is 3. The van der Waals surface area contributed by atoms with Crippen LogP contribution in [0.1, 0.15) is 44.4 Å². The van der Waals surface area contributed by atoms with Crippen molar-refractivity contribution < 1.29 is 0 Å². The number of aromatic nitrogens is 3. The fourth-order valence-electron chi connectivity index (χ4n) is 2.68. The average Bonchev–Trinajstić information content (AvgIpc) is 3.06. The minimum absolute atomic E-state index is 0.449. The first kappa shape index (κ1) is 15.8. The van der Waals surface area contributed by atoms with Gasteiger partial charge in [-0.1, -0.05) is 20.8 Å². The average molecular weight is 288 g/mol. The zero-order chi connectivity index (χ0) is 15.2. The van der Waals surface area contributed by atoms with E-state index >= 15 is 0 Å². The summed E-state index contributed by atoms with van der Waals surface area (Å²) in [6.07, 6.45) is 10.7. The fourth-order valence-corrected chi connectivity index (χ4v) is 2.68. The highest BCUT2D eigenvalue weighted by Crippen LogP contribution is 2.22. The van der Waals surface area contributed by atoms with Gasteiger partial charge < -0.3 is 9.88 Å². The lowest BCUT2D eigenvalue weighted by Gasteiger charge is -2.21. The molecule has 0 saturated heterocycles. The van der Waals surface area contributed by atoms with Crippen molar-refractivity contribution in [3.8, 4) is 0 Å². The smallest absolute Gasteiger partial charge is 0.0522 e. The molecule has 1 unspecified atom stereocenters. The number of rotatable bonds is 8. The van der Waals surface area contributed by atoms with Crippen LogP contribution < -0.4 is 5.32 Å². The van der Waals surface area contributed by atoms with E-state index in [0.717, 1.165) is 19.5 Å². The van der Waals surface area contributed by atoms with Gasteiger partial charge in [-0.2, -0.15) is 5.10 Å². The van der Waals surface area contributed by atoms with Gasteiger partial charge in [0.15, 0.2) is 0 Å². The molecule has 0 fully saturated rings. The molecule has 0 amide bonds. The highest BCUT2D eigenvalue weighted by Gasteiger charge is 2.15. The Kier molecular flexibility index (Phi) is 5.62. The van der Waals surface area contributed by atoms with Crippen molar-refractivity contribution >= 4 is 0 Å². The van der Waals surface area contributed by atoms with E-state index in [9.17, 15) is 0 Å². The third-order valence-electron chi connectivity index (χ3n) is 3.83. The second kappa shape index (κ2) is 7.46. The molecule has 0 radical (unpaired) electrons. The maximum atomic E-state index is 4.22. The van der Waals surface area contributed by atoms with Crippen LogP contribution in [0.25, 0.3) is 0 Å². The maximum Gasteiger partial charge on any atom is 0.0522 e. The Morgan fingerprint density at radius 3 is 2.71 bits per heavy atom. The van der Waals surface area contributed by atoms with E-state index < -0.39 is 0 Å². The lowest BCUT2D eigenvalue weighted by molar-refractivity contribution is 0.412. The first-order valence-corrected chi connectivity index (χ1v) is 7.96. The molecule has 2 aromatic heterocycles. The van der Waals surface area contributed by atoms with E-state index in [1.165, 1.54) is 17.5 Å². The number of nitrogens with one attached hydrogen (secondary N) is 1. The van der Waals surface area contributed by atoms with Crippen LogP contribution in [0.15, 0.2) is 30.9 Å². The largest absolute Gasteiger partial charge is 0.354 e. The summed E-state index contributed by atoms with van der Waals surface area (Å²) in [5.41, 5.74) is 2.68. The first-order valence-electron chi connectivity index (χ1n) is 7.96. The Morgan fingerprint density at radius 1 is 1.29 bits per heavy atom. The molecule has 4 nitrogen and oxygen atoms in total. The molecule has 0 aliphatic heterocycles. The van der Waals surface area contributed by atoms with Gasteiger partial charge >= 0.3 is 0 Å². The first-order chi connectivity index (χ1) is 10.1. The standard InChI is InChI=1S/C17H28N4/c1-5-8-18-17(14(2)3)16-7-10-21(13-16)9-6-15-11-19-20(4)12-15/h7,10-14,17-18H,5-6,8-9H2,1-4H3. The van der Waals surface area contributed by atoms with Gasteiger partial charge in [-0.25, -0.2) is 0 Å². The minimum atomic E-state index is 0.449.